The third-order valence-corrected chi connectivity index (χ3v) is 8.00. The Morgan fingerprint density at radius 2 is 1.73 bits per heavy atom. The van der Waals surface area contributed by atoms with Gasteiger partial charge in [0, 0.05) is 25.4 Å². The van der Waals surface area contributed by atoms with Crippen LogP contribution in [0.3, 0.4) is 0 Å². The first kappa shape index (κ1) is 25.1. The number of alkyl carbamates (subject to hydrolysis) is 1. The number of carboxylic acids is 1. The maximum absolute atomic E-state index is 12.7. The van der Waals surface area contributed by atoms with Crippen LogP contribution in [0.25, 0.3) is 11.1 Å². The highest BCUT2D eigenvalue weighted by Crippen LogP contribution is 2.44. The molecule has 0 bridgehead atoms. The summed E-state index contributed by atoms with van der Waals surface area (Å²) in [5.74, 6) is -0.794. The van der Waals surface area contributed by atoms with Crippen LogP contribution in [0.2, 0.25) is 0 Å². The molecule has 2 N–H and O–H groups in total. The van der Waals surface area contributed by atoms with Gasteiger partial charge in [-0.15, -0.1) is 0 Å². The smallest absolute Gasteiger partial charge is 0.407 e. The van der Waals surface area contributed by atoms with Crippen LogP contribution in [0, 0.1) is 0 Å². The van der Waals surface area contributed by atoms with E-state index in [-0.39, 0.29) is 18.9 Å². The minimum Gasteiger partial charge on any atom is -0.480 e. The quantitative estimate of drug-likeness (QED) is 0.406. The van der Waals surface area contributed by atoms with E-state index in [4.69, 9.17) is 9.47 Å². The lowest BCUT2D eigenvalue weighted by Crippen LogP contribution is -2.42. The zero-order valence-electron chi connectivity index (χ0n) is 20.8. The number of nitrogens with one attached hydrogen (secondary N) is 1. The van der Waals surface area contributed by atoms with Crippen molar-refractivity contribution in [1.82, 2.24) is 10.3 Å². The number of aliphatic carboxylic acids is 1. The van der Waals surface area contributed by atoms with Gasteiger partial charge in [0.15, 0.2) is 5.13 Å². The van der Waals surface area contributed by atoms with Crippen molar-refractivity contribution in [2.75, 3.05) is 31.2 Å². The van der Waals surface area contributed by atoms with Crippen molar-refractivity contribution in [3.63, 3.8) is 0 Å². The first-order chi connectivity index (χ1) is 18.0. The molecule has 0 radical (unpaired) electrons. The second kappa shape index (κ2) is 11.2. The summed E-state index contributed by atoms with van der Waals surface area (Å²) < 4.78 is 11.3. The minimum atomic E-state index is -1.16. The lowest BCUT2D eigenvalue weighted by atomic mass is 9.98. The third-order valence-electron chi connectivity index (χ3n) is 6.88. The van der Waals surface area contributed by atoms with Gasteiger partial charge in [-0.25, -0.2) is 9.59 Å². The molecule has 1 saturated heterocycles. The number of piperidine rings is 1. The fourth-order valence-electron chi connectivity index (χ4n) is 5.09. The van der Waals surface area contributed by atoms with Crippen molar-refractivity contribution in [1.29, 1.82) is 0 Å². The molecule has 3 aromatic rings. The first-order valence-electron chi connectivity index (χ1n) is 12.8. The number of ether oxygens (including phenoxy) is 2. The Morgan fingerprint density at radius 3 is 2.35 bits per heavy atom. The van der Waals surface area contributed by atoms with Crippen LogP contribution in [0.4, 0.5) is 9.93 Å². The first-order valence-corrected chi connectivity index (χ1v) is 13.6. The van der Waals surface area contributed by atoms with E-state index in [1.807, 2.05) is 43.3 Å². The van der Waals surface area contributed by atoms with Crippen LogP contribution in [-0.2, 0) is 16.0 Å². The van der Waals surface area contributed by atoms with Gasteiger partial charge in [-0.2, -0.15) is 4.98 Å². The number of aromatic nitrogens is 1. The van der Waals surface area contributed by atoms with Crippen molar-refractivity contribution in [2.24, 2.45) is 0 Å². The molecule has 1 unspecified atom stereocenters. The summed E-state index contributed by atoms with van der Waals surface area (Å²) >= 11 is 1.43. The maximum Gasteiger partial charge on any atom is 0.407 e. The number of rotatable bonds is 9. The van der Waals surface area contributed by atoms with Crippen LogP contribution in [0.5, 0.6) is 5.88 Å². The van der Waals surface area contributed by atoms with Crippen molar-refractivity contribution < 1.29 is 24.2 Å². The number of carbonyl (C=O) groups is 2. The molecule has 1 aromatic heterocycles. The van der Waals surface area contributed by atoms with Gasteiger partial charge in [-0.05, 0) is 48.4 Å². The molecule has 1 fully saturated rings. The van der Waals surface area contributed by atoms with E-state index >= 15 is 0 Å². The van der Waals surface area contributed by atoms with Crippen LogP contribution in [0.15, 0.2) is 48.5 Å². The number of anilines is 1. The number of carbonyl (C=O) groups excluding carboxylic acids is 1. The summed E-state index contributed by atoms with van der Waals surface area (Å²) in [7, 11) is 0. The highest BCUT2D eigenvalue weighted by Gasteiger charge is 2.30. The molecular weight excluding hydrogens is 490 g/mol. The molecule has 0 saturated carbocycles. The van der Waals surface area contributed by atoms with E-state index in [9.17, 15) is 14.7 Å². The Morgan fingerprint density at radius 1 is 1.08 bits per heavy atom. The molecule has 1 atom stereocenters. The molecule has 5 rings (SSSR count). The van der Waals surface area contributed by atoms with E-state index in [0.717, 1.165) is 53.3 Å². The predicted molar refractivity (Wildman–Crippen MR) is 143 cm³/mol. The van der Waals surface area contributed by atoms with Crippen LogP contribution >= 0.6 is 11.3 Å². The molecule has 37 heavy (non-hydrogen) atoms. The lowest BCUT2D eigenvalue weighted by Gasteiger charge is -2.25. The number of amides is 1. The number of fused-ring (bicyclic) bond motifs is 3. The average Bonchev–Trinajstić information content (AvgIpc) is 3.46. The summed E-state index contributed by atoms with van der Waals surface area (Å²) in [5.41, 5.74) is 4.47. The van der Waals surface area contributed by atoms with Gasteiger partial charge in [0.2, 0.25) is 5.88 Å². The van der Waals surface area contributed by atoms with E-state index in [2.05, 4.69) is 27.3 Å². The second-order valence-electron chi connectivity index (χ2n) is 9.27. The monoisotopic (exact) mass is 521 g/mol. The van der Waals surface area contributed by atoms with Gasteiger partial charge in [-0.3, -0.25) is 0 Å². The number of carboxylic acid groups (broad SMARTS) is 1. The van der Waals surface area contributed by atoms with Gasteiger partial charge in [0.25, 0.3) is 0 Å². The van der Waals surface area contributed by atoms with E-state index < -0.39 is 18.1 Å². The SMILES string of the molecule is CCOc1nc(N2CCCCC2)sc1CC(NC(=O)OCC1c2ccccc2-c2ccccc21)C(=O)O. The molecule has 2 aliphatic rings. The van der Waals surface area contributed by atoms with E-state index in [0.29, 0.717) is 17.4 Å². The summed E-state index contributed by atoms with van der Waals surface area (Å²) in [5, 5.41) is 13.2. The predicted octanol–water partition coefficient (Wildman–Crippen LogP) is 5.07. The summed E-state index contributed by atoms with van der Waals surface area (Å²) in [6, 6.07) is 15.0. The standard InChI is InChI=1S/C28H31N3O5S/c1-2-35-25-24(37-27(30-25)31-14-8-3-9-15-31)16-23(26(32)33)29-28(34)36-17-22-20-12-6-4-10-18(20)19-11-5-7-13-21(19)22/h4-7,10-13,22-23H,2-3,8-9,14-17H2,1H3,(H,29,34)(H,32,33). The van der Waals surface area contributed by atoms with Gasteiger partial charge < -0.3 is 24.8 Å². The number of thiazole rings is 1. The molecular formula is C28H31N3O5S. The molecule has 1 amide bonds. The Balaban J connectivity index is 1.26. The van der Waals surface area contributed by atoms with Gasteiger partial charge in [0.1, 0.15) is 12.6 Å². The Bertz CT molecular complexity index is 1220. The van der Waals surface area contributed by atoms with E-state index in [1.165, 1.54) is 17.8 Å². The van der Waals surface area contributed by atoms with Gasteiger partial charge >= 0.3 is 12.1 Å². The zero-order valence-corrected chi connectivity index (χ0v) is 21.6. The number of nitrogens with zero attached hydrogens (tertiary/aromatic N) is 2. The zero-order chi connectivity index (χ0) is 25.8. The fraction of sp³-hybridized carbons (Fsp3) is 0.393. The molecule has 1 aliphatic heterocycles. The van der Waals surface area contributed by atoms with Crippen LogP contribution in [-0.4, -0.2) is 54.5 Å². The Labute approximate surface area is 220 Å². The Hall–Kier alpha value is -3.59. The fourth-order valence-corrected chi connectivity index (χ4v) is 6.20. The lowest BCUT2D eigenvalue weighted by molar-refractivity contribution is -0.139. The molecule has 1 aliphatic carbocycles. The number of hydrogen-bond acceptors (Lipinski definition) is 7. The molecule has 0 spiro atoms. The molecule has 8 nitrogen and oxygen atoms in total. The number of hydrogen-bond donors (Lipinski definition) is 2. The van der Waals surface area contributed by atoms with Crippen LogP contribution < -0.4 is 15.0 Å². The van der Waals surface area contributed by atoms with E-state index in [1.54, 1.807) is 0 Å². The third kappa shape index (κ3) is 5.41. The summed E-state index contributed by atoms with van der Waals surface area (Å²) in [6.07, 6.45) is 2.74. The van der Waals surface area contributed by atoms with Gasteiger partial charge in [-0.1, -0.05) is 59.9 Å². The normalized spacial score (nSPS) is 15.5. The highest BCUT2D eigenvalue weighted by atomic mass is 32.1. The average molecular weight is 522 g/mol. The largest absolute Gasteiger partial charge is 0.480 e. The molecule has 194 valence electrons. The number of benzene rings is 2. The molecule has 2 aromatic carbocycles. The van der Waals surface area contributed by atoms with Crippen molar-refractivity contribution >= 4 is 28.5 Å². The van der Waals surface area contributed by atoms with Gasteiger partial charge in [0.05, 0.1) is 11.5 Å². The summed E-state index contributed by atoms with van der Waals surface area (Å²) in [4.78, 5) is 32.4. The Kier molecular flexibility index (Phi) is 7.60. The van der Waals surface area contributed by atoms with Crippen molar-refractivity contribution in [3.8, 4) is 17.0 Å². The maximum atomic E-state index is 12.7. The minimum absolute atomic E-state index is 0.0698. The topological polar surface area (TPSA) is 101 Å². The second-order valence-corrected chi connectivity index (χ2v) is 10.3. The summed E-state index contributed by atoms with van der Waals surface area (Å²) in [6.45, 7) is 4.27. The van der Waals surface area contributed by atoms with Crippen molar-refractivity contribution in [3.05, 3.63) is 64.5 Å². The van der Waals surface area contributed by atoms with Crippen molar-refractivity contribution in [2.45, 2.75) is 44.6 Å². The molecule has 2 heterocycles. The highest BCUT2D eigenvalue weighted by molar-refractivity contribution is 7.15. The molecule has 9 heteroatoms. The van der Waals surface area contributed by atoms with Crippen LogP contribution in [0.1, 0.15) is 48.1 Å².